The molecule has 0 aromatic heterocycles. The molecule has 1 rings (SSSR count). The normalized spacial score (nSPS) is 12.8. The predicted octanol–water partition coefficient (Wildman–Crippen LogP) is 5.15. The molecule has 0 aliphatic carbocycles. The van der Waals surface area contributed by atoms with E-state index in [9.17, 15) is 4.80 Å². The van der Waals surface area contributed by atoms with Gasteiger partial charge in [0, 0.05) is 10.4 Å². The minimum absolute atomic E-state index is 0.0290. The van der Waals surface area contributed by atoms with E-state index in [2.05, 4.69) is 41.9 Å². The molecule has 1 aromatic rings. The zero-order chi connectivity index (χ0) is 14.0. The second kappa shape index (κ2) is 6.08. The van der Waals surface area contributed by atoms with Crippen molar-refractivity contribution < 1.29 is 4.80 Å². The lowest BCUT2D eigenvalue weighted by atomic mass is 10.0. The Bertz CT molecular complexity index is 413. The molecule has 0 spiro atoms. The Morgan fingerprint density at radius 2 is 1.94 bits per heavy atom. The molecule has 4 heteroatoms. The molecule has 102 valence electrons. The molecule has 0 aliphatic heterocycles. The van der Waals surface area contributed by atoms with Gasteiger partial charge in [-0.25, -0.2) is 0 Å². The van der Waals surface area contributed by atoms with Gasteiger partial charge in [-0.15, -0.1) is 0 Å². The molecular weight excluding hydrogens is 328 g/mol. The fourth-order valence-electron chi connectivity index (χ4n) is 1.65. The van der Waals surface area contributed by atoms with Crippen LogP contribution < -0.4 is 0 Å². The highest BCUT2D eigenvalue weighted by Gasteiger charge is 2.37. The van der Waals surface area contributed by atoms with Crippen LogP contribution in [0.1, 0.15) is 31.4 Å². The Morgan fingerprint density at radius 1 is 1.33 bits per heavy atom. The second-order valence-corrected chi connectivity index (χ2v) is 11.4. The Morgan fingerprint density at radius 3 is 2.44 bits per heavy atom. The van der Waals surface area contributed by atoms with Crippen molar-refractivity contribution in [3.05, 3.63) is 34.3 Å². The number of alkyl halides is 1. The van der Waals surface area contributed by atoms with Gasteiger partial charge in [0.1, 0.15) is 0 Å². The van der Waals surface area contributed by atoms with Gasteiger partial charge in [-0.2, -0.15) is 0 Å². The summed E-state index contributed by atoms with van der Waals surface area (Å²) < 4.78 is 0. The van der Waals surface area contributed by atoms with Crippen molar-refractivity contribution in [3.8, 4) is 0 Å². The van der Waals surface area contributed by atoms with Gasteiger partial charge < -0.3 is 4.80 Å². The molecular formula is C14H22BrClOSi. The average molecular weight is 350 g/mol. The largest absolute Gasteiger partial charge is 0.432 e. The van der Waals surface area contributed by atoms with Crippen LogP contribution in [0.15, 0.2) is 18.2 Å². The van der Waals surface area contributed by atoms with Gasteiger partial charge >= 0.3 is 0 Å². The van der Waals surface area contributed by atoms with Crippen molar-refractivity contribution in [2.45, 2.75) is 50.2 Å². The van der Waals surface area contributed by atoms with Crippen LogP contribution in [0.3, 0.4) is 0 Å². The quantitative estimate of drug-likeness (QED) is 0.576. The van der Waals surface area contributed by atoms with E-state index in [-0.39, 0.29) is 5.04 Å². The summed E-state index contributed by atoms with van der Waals surface area (Å²) in [5, 5.41) is 1.62. The van der Waals surface area contributed by atoms with Crippen molar-refractivity contribution in [2.24, 2.45) is 0 Å². The molecule has 0 radical (unpaired) electrons. The fourth-order valence-corrected chi connectivity index (χ4v) is 3.20. The van der Waals surface area contributed by atoms with Crippen LogP contribution in [0, 0.1) is 0 Å². The van der Waals surface area contributed by atoms with Gasteiger partial charge in [0.15, 0.2) is 8.32 Å². The van der Waals surface area contributed by atoms with E-state index in [0.29, 0.717) is 0 Å². The maximum absolute atomic E-state index is 10.3. The molecule has 0 unspecified atom stereocenters. The highest BCUT2D eigenvalue weighted by atomic mass is 79.9. The van der Waals surface area contributed by atoms with E-state index in [4.69, 9.17) is 11.6 Å². The molecule has 1 nitrogen and oxygen atoms in total. The highest BCUT2D eigenvalue weighted by molar-refractivity contribution is 9.08. The third-order valence-corrected chi connectivity index (χ3v) is 8.48. The zero-order valence-electron chi connectivity index (χ0n) is 11.6. The van der Waals surface area contributed by atoms with E-state index in [1.54, 1.807) is 0 Å². The summed E-state index contributed by atoms with van der Waals surface area (Å²) in [7, 11) is -2.11. The van der Waals surface area contributed by atoms with E-state index in [1.165, 1.54) is 5.56 Å². The van der Waals surface area contributed by atoms with Crippen LogP contribution in [0.5, 0.6) is 0 Å². The highest BCUT2D eigenvalue weighted by Crippen LogP contribution is 2.39. The summed E-state index contributed by atoms with van der Waals surface area (Å²) in [5.74, 6) is 0. The number of hydrogen-bond donors (Lipinski definition) is 1. The number of benzene rings is 1. The third-order valence-electron chi connectivity index (χ3n) is 3.95. The van der Waals surface area contributed by atoms with E-state index >= 15 is 0 Å². The molecule has 0 saturated heterocycles. The first-order valence-electron chi connectivity index (χ1n) is 6.23. The predicted molar refractivity (Wildman–Crippen MR) is 86.1 cm³/mol. The monoisotopic (exact) mass is 348 g/mol. The van der Waals surface area contributed by atoms with E-state index in [0.717, 1.165) is 28.8 Å². The van der Waals surface area contributed by atoms with Gasteiger partial charge in [-0.05, 0) is 48.2 Å². The molecule has 0 bridgehead atoms. The first-order chi connectivity index (χ1) is 8.17. The summed E-state index contributed by atoms with van der Waals surface area (Å²) in [5.41, 5.74) is 2.42. The van der Waals surface area contributed by atoms with Gasteiger partial charge in [0.05, 0.1) is 0 Å². The zero-order valence-corrected chi connectivity index (χ0v) is 14.9. The Kier molecular flexibility index (Phi) is 5.48. The molecule has 1 N–H and O–H groups in total. The Balaban J connectivity index is 2.75. The Hall–Kier alpha value is 0.167. The van der Waals surface area contributed by atoms with Crippen molar-refractivity contribution in [3.63, 3.8) is 0 Å². The molecule has 0 saturated carbocycles. The molecule has 1 aromatic carbocycles. The van der Waals surface area contributed by atoms with Crippen LogP contribution in [0.25, 0.3) is 0 Å². The lowest BCUT2D eigenvalue weighted by Crippen LogP contribution is -2.39. The van der Waals surface area contributed by atoms with Crippen molar-refractivity contribution >= 4 is 35.8 Å². The summed E-state index contributed by atoms with van der Waals surface area (Å²) >= 11 is 9.54. The van der Waals surface area contributed by atoms with Crippen LogP contribution >= 0.6 is 27.5 Å². The molecule has 0 amide bonds. The number of hydrogen-bond acceptors (Lipinski definition) is 1. The maximum Gasteiger partial charge on any atom is 0.188 e. The smallest absolute Gasteiger partial charge is 0.188 e. The summed E-state index contributed by atoms with van der Waals surface area (Å²) in [4.78, 5) is 10.3. The summed E-state index contributed by atoms with van der Waals surface area (Å²) in [6.45, 7) is 8.36. The average Bonchev–Trinajstić information content (AvgIpc) is 2.26. The van der Waals surface area contributed by atoms with Crippen molar-refractivity contribution in [1.82, 2.24) is 0 Å². The minimum Gasteiger partial charge on any atom is -0.432 e. The first kappa shape index (κ1) is 16.2. The third kappa shape index (κ3) is 4.09. The van der Waals surface area contributed by atoms with Crippen molar-refractivity contribution in [2.75, 3.05) is 0 Å². The van der Waals surface area contributed by atoms with Crippen LogP contribution in [-0.2, 0) is 11.8 Å². The van der Waals surface area contributed by atoms with Gasteiger partial charge in [-0.3, -0.25) is 0 Å². The van der Waals surface area contributed by atoms with Gasteiger partial charge in [-0.1, -0.05) is 53.5 Å². The standard InChI is InChI=1S/C14H22BrClOSi/c1-14(2,18(3,4)17)8-7-11-5-6-13(16)12(9-11)10-15/h5-6,9,17H,7-8,10H2,1-4H3. The molecule has 0 fully saturated rings. The maximum atomic E-state index is 10.3. The van der Waals surface area contributed by atoms with Gasteiger partial charge in [0.25, 0.3) is 0 Å². The van der Waals surface area contributed by atoms with E-state index in [1.807, 2.05) is 19.2 Å². The van der Waals surface area contributed by atoms with Crippen LogP contribution in [-0.4, -0.2) is 13.1 Å². The first-order valence-corrected chi connectivity index (χ1v) is 10.7. The molecule has 18 heavy (non-hydrogen) atoms. The Labute approximate surface area is 125 Å². The molecule has 0 atom stereocenters. The second-order valence-electron chi connectivity index (χ2n) is 6.00. The summed E-state index contributed by atoms with van der Waals surface area (Å²) in [6.07, 6.45) is 1.99. The van der Waals surface area contributed by atoms with Crippen molar-refractivity contribution in [1.29, 1.82) is 0 Å². The van der Waals surface area contributed by atoms with Gasteiger partial charge in [0.2, 0.25) is 0 Å². The number of rotatable bonds is 5. The van der Waals surface area contributed by atoms with E-state index < -0.39 is 8.32 Å². The fraction of sp³-hybridized carbons (Fsp3) is 0.571. The molecule has 0 heterocycles. The SMILES string of the molecule is CC(C)(CCc1ccc(Cl)c(CBr)c1)[Si](C)(C)O. The number of halogens is 2. The molecule has 0 aliphatic rings. The minimum atomic E-state index is -2.11. The topological polar surface area (TPSA) is 20.2 Å². The van der Waals surface area contributed by atoms with Crippen LogP contribution in [0.2, 0.25) is 23.2 Å². The van der Waals surface area contributed by atoms with Crippen LogP contribution in [0.4, 0.5) is 0 Å². The summed E-state index contributed by atoms with van der Waals surface area (Å²) in [6, 6.07) is 6.19. The lowest BCUT2D eigenvalue weighted by Gasteiger charge is -2.35. The number of aryl methyl sites for hydroxylation is 1. The lowest BCUT2D eigenvalue weighted by molar-refractivity contribution is 0.451.